The van der Waals surface area contributed by atoms with Gasteiger partial charge in [-0.15, -0.1) is 11.3 Å². The van der Waals surface area contributed by atoms with Crippen molar-refractivity contribution in [3.63, 3.8) is 0 Å². The van der Waals surface area contributed by atoms with Crippen molar-refractivity contribution >= 4 is 21.4 Å². The molecule has 3 nitrogen and oxygen atoms in total. The number of aromatic nitrogens is 1. The normalized spacial score (nSPS) is 29.9. The van der Waals surface area contributed by atoms with Crippen LogP contribution < -0.4 is 4.74 Å². The highest BCUT2D eigenvalue weighted by Gasteiger charge is 2.52. The van der Waals surface area contributed by atoms with Crippen molar-refractivity contribution in [1.82, 2.24) is 9.88 Å². The highest BCUT2D eigenvalue weighted by molar-refractivity contribution is 7.22. The van der Waals surface area contributed by atoms with Crippen LogP contribution in [-0.2, 0) is 6.42 Å². The van der Waals surface area contributed by atoms with Crippen molar-refractivity contribution < 1.29 is 4.74 Å². The Morgan fingerprint density at radius 1 is 1.16 bits per heavy atom. The first kappa shape index (κ1) is 14.3. The van der Waals surface area contributed by atoms with E-state index in [0.717, 1.165) is 18.8 Å². The minimum Gasteiger partial charge on any atom is -0.469 e. The number of nitrogens with zero attached hydrogens (tertiary/aromatic N) is 2. The number of rotatable bonds is 1. The summed E-state index contributed by atoms with van der Waals surface area (Å²) in [6.07, 6.45) is 5.56. The standard InChI is InChI=1S/C21H20N2OS/c1-2-4-18-14(3-1)10-19(25-18)16-9-15-11-21(24-20(15)22-12-16)13-23-7-5-17(21)6-8-23/h1-4,9-10,12,17H,5-8,11,13H2/t21-/m0/s1. The van der Waals surface area contributed by atoms with E-state index in [9.17, 15) is 0 Å². The number of pyridine rings is 1. The van der Waals surface area contributed by atoms with E-state index in [0.29, 0.717) is 5.92 Å². The molecule has 2 aromatic heterocycles. The van der Waals surface area contributed by atoms with E-state index in [2.05, 4.69) is 41.3 Å². The Hall–Kier alpha value is -1.91. The molecule has 0 radical (unpaired) electrons. The topological polar surface area (TPSA) is 25.4 Å². The molecule has 3 fully saturated rings. The Morgan fingerprint density at radius 3 is 2.84 bits per heavy atom. The fraction of sp³-hybridized carbons (Fsp3) is 0.381. The number of piperidine rings is 3. The molecule has 126 valence electrons. The van der Waals surface area contributed by atoms with Crippen molar-refractivity contribution in [2.24, 2.45) is 5.92 Å². The molecule has 3 saturated heterocycles. The predicted octanol–water partition coefficient (Wildman–Crippen LogP) is 4.36. The van der Waals surface area contributed by atoms with E-state index < -0.39 is 0 Å². The smallest absolute Gasteiger partial charge is 0.217 e. The maximum atomic E-state index is 6.47. The summed E-state index contributed by atoms with van der Waals surface area (Å²) in [5.41, 5.74) is 2.51. The van der Waals surface area contributed by atoms with Crippen LogP contribution in [0.4, 0.5) is 0 Å². The van der Waals surface area contributed by atoms with Gasteiger partial charge in [0.25, 0.3) is 0 Å². The number of hydrogen-bond acceptors (Lipinski definition) is 4. The highest BCUT2D eigenvalue weighted by atomic mass is 32.1. The first-order valence-corrected chi connectivity index (χ1v) is 10.0. The third-order valence-corrected chi connectivity index (χ3v) is 7.41. The third kappa shape index (κ3) is 2.10. The molecule has 7 rings (SSSR count). The molecule has 4 aliphatic rings. The monoisotopic (exact) mass is 348 g/mol. The number of fused-ring (bicyclic) bond motifs is 4. The zero-order valence-corrected chi connectivity index (χ0v) is 14.9. The van der Waals surface area contributed by atoms with Gasteiger partial charge in [0.05, 0.1) is 0 Å². The largest absolute Gasteiger partial charge is 0.469 e. The maximum absolute atomic E-state index is 6.47. The van der Waals surface area contributed by atoms with Crippen LogP contribution in [0.5, 0.6) is 5.88 Å². The Labute approximate surface area is 151 Å². The lowest BCUT2D eigenvalue weighted by atomic mass is 9.73. The highest BCUT2D eigenvalue weighted by Crippen LogP contribution is 2.47. The van der Waals surface area contributed by atoms with Crippen molar-refractivity contribution in [2.45, 2.75) is 24.9 Å². The van der Waals surface area contributed by atoms with Gasteiger partial charge in [0.15, 0.2) is 0 Å². The lowest BCUT2D eigenvalue weighted by molar-refractivity contribution is -0.0814. The molecule has 4 aliphatic heterocycles. The maximum Gasteiger partial charge on any atom is 0.217 e. The van der Waals surface area contributed by atoms with Gasteiger partial charge in [-0.1, -0.05) is 18.2 Å². The van der Waals surface area contributed by atoms with Gasteiger partial charge < -0.3 is 4.74 Å². The lowest BCUT2D eigenvalue weighted by Gasteiger charge is -2.50. The summed E-state index contributed by atoms with van der Waals surface area (Å²) >= 11 is 1.85. The Balaban J connectivity index is 1.37. The first-order chi connectivity index (χ1) is 12.3. The third-order valence-electron chi connectivity index (χ3n) is 6.25. The summed E-state index contributed by atoms with van der Waals surface area (Å²) in [4.78, 5) is 8.57. The van der Waals surface area contributed by atoms with E-state index in [1.165, 1.54) is 52.0 Å². The van der Waals surface area contributed by atoms with Crippen LogP contribution in [0.3, 0.4) is 0 Å². The minimum absolute atomic E-state index is 0.00931. The predicted molar refractivity (Wildman–Crippen MR) is 101 cm³/mol. The van der Waals surface area contributed by atoms with E-state index in [1.807, 2.05) is 17.5 Å². The van der Waals surface area contributed by atoms with Gasteiger partial charge in [0, 0.05) is 45.8 Å². The van der Waals surface area contributed by atoms with Crippen molar-refractivity contribution in [3.05, 3.63) is 48.2 Å². The second-order valence-electron chi connectivity index (χ2n) is 7.73. The van der Waals surface area contributed by atoms with Crippen LogP contribution in [-0.4, -0.2) is 35.1 Å². The Bertz CT molecular complexity index is 940. The van der Waals surface area contributed by atoms with E-state index in [1.54, 1.807) is 0 Å². The summed E-state index contributed by atoms with van der Waals surface area (Å²) in [6.45, 7) is 3.56. The van der Waals surface area contributed by atoms with E-state index >= 15 is 0 Å². The molecule has 25 heavy (non-hydrogen) atoms. The molecule has 3 aromatic rings. The summed E-state index contributed by atoms with van der Waals surface area (Å²) in [5.74, 6) is 1.57. The molecule has 0 unspecified atom stereocenters. The first-order valence-electron chi connectivity index (χ1n) is 9.18. The van der Waals surface area contributed by atoms with Crippen molar-refractivity contribution in [2.75, 3.05) is 19.6 Å². The van der Waals surface area contributed by atoms with Gasteiger partial charge in [0.1, 0.15) is 5.60 Å². The molecule has 6 heterocycles. The van der Waals surface area contributed by atoms with Gasteiger partial charge in [-0.25, -0.2) is 4.98 Å². The van der Waals surface area contributed by atoms with Crippen LogP contribution in [0.2, 0.25) is 0 Å². The molecule has 4 heteroatoms. The molecule has 1 aromatic carbocycles. The van der Waals surface area contributed by atoms with Gasteiger partial charge in [0.2, 0.25) is 5.88 Å². The van der Waals surface area contributed by atoms with Crippen molar-refractivity contribution in [1.29, 1.82) is 0 Å². The van der Waals surface area contributed by atoms with Crippen LogP contribution in [0.25, 0.3) is 20.5 Å². The zero-order valence-electron chi connectivity index (χ0n) is 14.1. The fourth-order valence-electron chi connectivity index (χ4n) is 4.97. The second-order valence-corrected chi connectivity index (χ2v) is 8.81. The number of hydrogen-bond donors (Lipinski definition) is 0. The van der Waals surface area contributed by atoms with Gasteiger partial charge in [-0.2, -0.15) is 0 Å². The fourth-order valence-corrected chi connectivity index (χ4v) is 6.01. The summed E-state index contributed by atoms with van der Waals surface area (Å²) in [7, 11) is 0. The summed E-state index contributed by atoms with van der Waals surface area (Å²) in [5, 5.41) is 1.31. The molecule has 0 N–H and O–H groups in total. The van der Waals surface area contributed by atoms with E-state index in [-0.39, 0.29) is 5.60 Å². The lowest BCUT2D eigenvalue weighted by Crippen LogP contribution is -2.61. The molecule has 2 bridgehead atoms. The molecule has 0 aliphatic carbocycles. The summed E-state index contributed by atoms with van der Waals surface area (Å²) < 4.78 is 7.81. The average Bonchev–Trinajstić information content (AvgIpc) is 3.22. The van der Waals surface area contributed by atoms with Crippen LogP contribution in [0.1, 0.15) is 18.4 Å². The van der Waals surface area contributed by atoms with Gasteiger partial charge in [-0.3, -0.25) is 4.90 Å². The Morgan fingerprint density at radius 2 is 2.04 bits per heavy atom. The zero-order chi connectivity index (χ0) is 16.4. The van der Waals surface area contributed by atoms with Crippen molar-refractivity contribution in [3.8, 4) is 16.3 Å². The van der Waals surface area contributed by atoms with Crippen LogP contribution >= 0.6 is 11.3 Å². The molecule has 1 atom stereocenters. The molecule has 1 spiro atoms. The summed E-state index contributed by atoms with van der Waals surface area (Å²) in [6, 6.07) is 13.2. The SMILES string of the molecule is c1ccc2sc(-c3cnc4c(c3)C[C@@]3(CN5CCC3CC5)O4)cc2c1. The molecule has 0 saturated carbocycles. The second kappa shape index (κ2) is 5.05. The minimum atomic E-state index is -0.00931. The number of thiophene rings is 1. The van der Waals surface area contributed by atoms with Crippen LogP contribution in [0, 0.1) is 5.92 Å². The van der Waals surface area contributed by atoms with Gasteiger partial charge >= 0.3 is 0 Å². The number of ether oxygens (including phenoxy) is 1. The van der Waals surface area contributed by atoms with Crippen LogP contribution in [0.15, 0.2) is 42.6 Å². The molecular formula is C21H20N2OS. The Kier molecular flexibility index (Phi) is 2.89. The van der Waals surface area contributed by atoms with Gasteiger partial charge in [-0.05, 0) is 49.5 Å². The van der Waals surface area contributed by atoms with E-state index in [4.69, 9.17) is 9.72 Å². The molecular weight excluding hydrogens is 328 g/mol. The number of benzene rings is 1. The quantitative estimate of drug-likeness (QED) is 0.653. The molecule has 0 amide bonds. The average molecular weight is 348 g/mol.